The maximum absolute atomic E-state index is 13.1. The number of hydrogen-bond acceptors (Lipinski definition) is 4. The summed E-state index contributed by atoms with van der Waals surface area (Å²) in [4.78, 5) is 0. The van der Waals surface area contributed by atoms with Crippen LogP contribution in [0.2, 0.25) is 0 Å². The summed E-state index contributed by atoms with van der Waals surface area (Å²) in [7, 11) is -23.0. The molecule has 0 aromatic heterocycles. The average Bonchev–Trinajstić information content (AvgIpc) is 1.67. The Balaban J connectivity index is 3.67. The van der Waals surface area contributed by atoms with Crippen LogP contribution in [0.5, 0.6) is 0 Å². The molecule has 0 N–H and O–H groups in total. The molecule has 0 fully saturated rings. The second-order valence-corrected chi connectivity index (χ2v) is 9.75. The van der Waals surface area contributed by atoms with Gasteiger partial charge in [0.1, 0.15) is 0 Å². The third-order valence-electron chi connectivity index (χ3n) is 0.972. The lowest BCUT2D eigenvalue weighted by atomic mass is 12.0. The Bertz CT molecular complexity index is 390. The van der Waals surface area contributed by atoms with Crippen LogP contribution in [-0.4, -0.2) is 6.66 Å². The van der Waals surface area contributed by atoms with Crippen LogP contribution in [0.25, 0.3) is 0 Å². The van der Waals surface area contributed by atoms with E-state index in [-0.39, 0.29) is 0 Å². The standard InChI is InChI=1S/CH3F7N4P4/c1-13(2)9-14(3,4)11-16(7,8)12-15(5,6)10-13/h1H3. The van der Waals surface area contributed by atoms with E-state index < -0.39 is 31.0 Å². The summed E-state index contributed by atoms with van der Waals surface area (Å²) in [6, 6.07) is 0. The van der Waals surface area contributed by atoms with Gasteiger partial charge in [0.2, 0.25) is 7.52 Å². The van der Waals surface area contributed by atoms with Crippen molar-refractivity contribution in [3.05, 3.63) is 0 Å². The molecule has 16 heavy (non-hydrogen) atoms. The monoisotopic (exact) mass is 328 g/mol. The molecule has 4 nitrogen and oxygen atoms in total. The predicted octanol–water partition coefficient (Wildman–Crippen LogP) is 7.29. The fourth-order valence-electron chi connectivity index (χ4n) is 0.723. The SMILES string of the molecule is CP1(F)=NP(F)(F)=NP(F)(F)=NP(F)(F)=N1. The smallest absolute Gasteiger partial charge is 0.183 e. The summed E-state index contributed by atoms with van der Waals surface area (Å²) in [5, 5.41) is 0. The van der Waals surface area contributed by atoms with Crippen molar-refractivity contribution in [3.8, 4) is 0 Å². The first-order valence-corrected chi connectivity index (χ1v) is 9.69. The quantitative estimate of drug-likeness (QED) is 0.331. The molecular weight excluding hydrogens is 325 g/mol. The third kappa shape index (κ3) is 4.36. The maximum Gasteiger partial charge on any atom is 0.425 e. The first-order chi connectivity index (χ1) is 6.83. The lowest BCUT2D eigenvalue weighted by Gasteiger charge is -2.11. The highest BCUT2D eigenvalue weighted by molar-refractivity contribution is 7.78. The van der Waals surface area contributed by atoms with Crippen LogP contribution in [0.4, 0.5) is 29.4 Å². The van der Waals surface area contributed by atoms with E-state index >= 15 is 0 Å². The Labute approximate surface area is 85.9 Å². The topological polar surface area (TPSA) is 49.4 Å². The lowest BCUT2D eigenvalue weighted by molar-refractivity contribution is 0.691. The first kappa shape index (κ1) is 14.5. The van der Waals surface area contributed by atoms with Gasteiger partial charge >= 0.3 is 23.5 Å². The Kier molecular flexibility index (Phi) is 3.60. The van der Waals surface area contributed by atoms with Gasteiger partial charge in [-0.1, -0.05) is 0 Å². The summed E-state index contributed by atoms with van der Waals surface area (Å²) < 4.78 is 95.9. The normalized spacial score (nSPS) is 35.5. The van der Waals surface area contributed by atoms with Crippen LogP contribution in [0.15, 0.2) is 18.1 Å². The van der Waals surface area contributed by atoms with E-state index in [9.17, 15) is 29.4 Å². The van der Waals surface area contributed by atoms with E-state index in [2.05, 4.69) is 0 Å². The fraction of sp³-hybridized carbons (Fsp3) is 1.00. The number of nitrogens with zero attached hydrogens (tertiary/aromatic N) is 4. The van der Waals surface area contributed by atoms with Gasteiger partial charge in [0, 0.05) is 6.66 Å². The van der Waals surface area contributed by atoms with Crippen molar-refractivity contribution in [1.29, 1.82) is 0 Å². The van der Waals surface area contributed by atoms with Crippen molar-refractivity contribution < 1.29 is 29.4 Å². The zero-order chi connectivity index (χ0) is 12.8. The summed E-state index contributed by atoms with van der Waals surface area (Å²) in [6.45, 7) is 0.307. The maximum atomic E-state index is 13.1. The molecule has 0 aliphatic carbocycles. The lowest BCUT2D eigenvalue weighted by Crippen LogP contribution is -1.69. The van der Waals surface area contributed by atoms with Gasteiger partial charge in [0.25, 0.3) is 0 Å². The minimum absolute atomic E-state index is 0.307. The van der Waals surface area contributed by atoms with E-state index in [4.69, 9.17) is 0 Å². The predicted molar refractivity (Wildman–Crippen MR) is 51.1 cm³/mol. The summed E-state index contributed by atoms with van der Waals surface area (Å²) in [5.41, 5.74) is 0. The Morgan fingerprint density at radius 1 is 0.562 bits per heavy atom. The van der Waals surface area contributed by atoms with Crippen LogP contribution in [0.3, 0.4) is 0 Å². The van der Waals surface area contributed by atoms with Gasteiger partial charge in [-0.05, 0) is 0 Å². The minimum Gasteiger partial charge on any atom is -0.183 e. The Morgan fingerprint density at radius 3 is 1.31 bits per heavy atom. The molecule has 1 unspecified atom stereocenters. The van der Waals surface area contributed by atoms with Crippen LogP contribution < -0.4 is 0 Å². The molecule has 1 aliphatic rings. The molecule has 96 valence electrons. The van der Waals surface area contributed by atoms with Gasteiger partial charge in [-0.25, -0.2) is 0 Å². The van der Waals surface area contributed by atoms with E-state index in [1.54, 1.807) is 9.03 Å². The third-order valence-corrected chi connectivity index (χ3v) is 8.75. The summed E-state index contributed by atoms with van der Waals surface area (Å²) in [5.74, 6) is 0. The molecule has 1 rings (SSSR count). The van der Waals surface area contributed by atoms with Gasteiger partial charge in [0.05, 0.1) is 0 Å². The van der Waals surface area contributed by atoms with Crippen molar-refractivity contribution in [2.75, 3.05) is 6.66 Å². The molecule has 1 heterocycles. The van der Waals surface area contributed by atoms with Crippen LogP contribution >= 0.6 is 31.0 Å². The highest BCUT2D eigenvalue weighted by Gasteiger charge is 2.37. The molecule has 0 aromatic carbocycles. The second-order valence-electron chi connectivity index (χ2n) is 2.53. The van der Waals surface area contributed by atoms with Gasteiger partial charge in [0.15, 0.2) is 0 Å². The summed E-state index contributed by atoms with van der Waals surface area (Å²) in [6.07, 6.45) is 0. The average molecular weight is 328 g/mol. The van der Waals surface area contributed by atoms with Crippen LogP contribution in [0, 0.1) is 0 Å². The van der Waals surface area contributed by atoms with E-state index in [0.29, 0.717) is 6.66 Å². The molecule has 0 aromatic rings. The van der Waals surface area contributed by atoms with Crippen molar-refractivity contribution in [2.24, 2.45) is 18.1 Å². The Hall–Kier alpha value is 0.430. The number of rotatable bonds is 0. The molecule has 15 heteroatoms. The van der Waals surface area contributed by atoms with Crippen molar-refractivity contribution >= 4 is 31.0 Å². The fourth-order valence-corrected chi connectivity index (χ4v) is 7.80. The van der Waals surface area contributed by atoms with E-state index in [1.165, 1.54) is 0 Å². The molecule has 1 atom stereocenters. The largest absolute Gasteiger partial charge is 0.425 e. The highest BCUT2D eigenvalue weighted by Crippen LogP contribution is 2.81. The highest BCUT2D eigenvalue weighted by atomic mass is 31.3. The first-order valence-electron chi connectivity index (χ1n) is 3.23. The van der Waals surface area contributed by atoms with Gasteiger partial charge in [-0.2, -0.15) is 13.2 Å². The molecule has 0 bridgehead atoms. The summed E-state index contributed by atoms with van der Waals surface area (Å²) >= 11 is 0. The van der Waals surface area contributed by atoms with E-state index in [1.807, 2.05) is 9.03 Å². The molecular formula is CH3F7N4P4. The molecule has 0 amide bonds. The van der Waals surface area contributed by atoms with Crippen molar-refractivity contribution in [2.45, 2.75) is 0 Å². The Morgan fingerprint density at radius 2 is 0.875 bits per heavy atom. The molecule has 0 saturated heterocycles. The van der Waals surface area contributed by atoms with Gasteiger partial charge in [-0.3, -0.25) is 0 Å². The molecule has 0 radical (unpaired) electrons. The van der Waals surface area contributed by atoms with E-state index in [0.717, 1.165) is 0 Å². The van der Waals surface area contributed by atoms with Gasteiger partial charge in [-0.15, -0.1) is 34.2 Å². The second kappa shape index (κ2) is 3.98. The van der Waals surface area contributed by atoms with Crippen LogP contribution in [-0.2, 0) is 0 Å². The van der Waals surface area contributed by atoms with Crippen LogP contribution in [0.1, 0.15) is 0 Å². The molecule has 1 aliphatic heterocycles. The van der Waals surface area contributed by atoms with Crippen molar-refractivity contribution in [1.82, 2.24) is 0 Å². The zero-order valence-electron chi connectivity index (χ0n) is 7.22. The minimum atomic E-state index is -6.19. The van der Waals surface area contributed by atoms with Gasteiger partial charge < -0.3 is 0 Å². The molecule has 0 saturated carbocycles. The molecule has 0 spiro atoms. The zero-order valence-corrected chi connectivity index (χ0v) is 10.8. The number of halogens is 7. The number of hydrogen-bond donors (Lipinski definition) is 0. The van der Waals surface area contributed by atoms with Crippen molar-refractivity contribution in [3.63, 3.8) is 0 Å².